The standard InChI is InChI=1S/C12H17BrFNO/c1-15-12(4-3-5-16-2)9-6-10(13)8-11(14)7-9/h6-8,12,15H,3-5H2,1-2H3. The fourth-order valence-corrected chi connectivity index (χ4v) is 2.17. The van der Waals surface area contributed by atoms with Crippen molar-refractivity contribution in [3.05, 3.63) is 34.1 Å². The molecule has 4 heteroatoms. The third-order valence-electron chi connectivity index (χ3n) is 2.48. The van der Waals surface area contributed by atoms with Crippen molar-refractivity contribution in [1.29, 1.82) is 0 Å². The zero-order valence-corrected chi connectivity index (χ0v) is 11.2. The predicted molar refractivity (Wildman–Crippen MR) is 67.0 cm³/mol. The Balaban J connectivity index is 2.70. The molecule has 1 aromatic rings. The number of halogens is 2. The molecule has 0 aromatic heterocycles. The van der Waals surface area contributed by atoms with Crippen molar-refractivity contribution >= 4 is 15.9 Å². The summed E-state index contributed by atoms with van der Waals surface area (Å²) in [5, 5.41) is 3.19. The quantitative estimate of drug-likeness (QED) is 0.812. The molecular weight excluding hydrogens is 273 g/mol. The third-order valence-corrected chi connectivity index (χ3v) is 2.93. The molecule has 0 bridgehead atoms. The van der Waals surface area contributed by atoms with Gasteiger partial charge in [0.05, 0.1) is 0 Å². The summed E-state index contributed by atoms with van der Waals surface area (Å²) < 4.78 is 19.0. The van der Waals surface area contributed by atoms with Gasteiger partial charge < -0.3 is 10.1 Å². The minimum Gasteiger partial charge on any atom is -0.385 e. The summed E-state index contributed by atoms with van der Waals surface area (Å²) in [7, 11) is 3.57. The third kappa shape index (κ3) is 4.20. The highest BCUT2D eigenvalue weighted by Gasteiger charge is 2.10. The van der Waals surface area contributed by atoms with Crippen LogP contribution < -0.4 is 5.32 Å². The van der Waals surface area contributed by atoms with Gasteiger partial charge in [-0.2, -0.15) is 0 Å². The molecule has 0 spiro atoms. The first kappa shape index (κ1) is 13.6. The summed E-state index contributed by atoms with van der Waals surface area (Å²) in [6.07, 6.45) is 1.89. The van der Waals surface area contributed by atoms with E-state index in [1.807, 2.05) is 13.1 Å². The predicted octanol–water partition coefficient (Wildman–Crippen LogP) is 3.28. The Kier molecular flexibility index (Phi) is 5.95. The first-order valence-corrected chi connectivity index (χ1v) is 6.09. The van der Waals surface area contributed by atoms with E-state index in [9.17, 15) is 4.39 Å². The van der Waals surface area contributed by atoms with Crippen molar-refractivity contribution in [3.63, 3.8) is 0 Å². The first-order valence-electron chi connectivity index (χ1n) is 5.29. The van der Waals surface area contributed by atoms with Gasteiger partial charge in [-0.3, -0.25) is 0 Å². The Hall–Kier alpha value is -0.450. The van der Waals surface area contributed by atoms with Gasteiger partial charge in [-0.05, 0) is 43.7 Å². The minimum absolute atomic E-state index is 0.169. The molecule has 0 heterocycles. The molecule has 0 aliphatic heterocycles. The van der Waals surface area contributed by atoms with Gasteiger partial charge in [0.25, 0.3) is 0 Å². The number of benzene rings is 1. The molecular formula is C12H17BrFNO. The molecule has 0 saturated carbocycles. The molecule has 0 aliphatic carbocycles. The molecule has 0 saturated heterocycles. The van der Waals surface area contributed by atoms with Gasteiger partial charge >= 0.3 is 0 Å². The molecule has 1 atom stereocenters. The molecule has 1 rings (SSSR count). The van der Waals surface area contributed by atoms with Crippen LogP contribution in [0.25, 0.3) is 0 Å². The van der Waals surface area contributed by atoms with Crippen molar-refractivity contribution in [2.24, 2.45) is 0 Å². The lowest BCUT2D eigenvalue weighted by atomic mass is 10.0. The Morgan fingerprint density at radius 2 is 2.19 bits per heavy atom. The van der Waals surface area contributed by atoms with Crippen molar-refractivity contribution < 1.29 is 9.13 Å². The van der Waals surface area contributed by atoms with Gasteiger partial charge in [-0.1, -0.05) is 15.9 Å². The summed E-state index contributed by atoms with van der Waals surface area (Å²) in [5.41, 5.74) is 0.963. The van der Waals surface area contributed by atoms with Gasteiger partial charge in [0, 0.05) is 24.2 Å². The summed E-state index contributed by atoms with van der Waals surface area (Å²) in [4.78, 5) is 0. The van der Waals surface area contributed by atoms with Gasteiger partial charge in [0.2, 0.25) is 0 Å². The lowest BCUT2D eigenvalue weighted by Crippen LogP contribution is -2.17. The highest BCUT2D eigenvalue weighted by Crippen LogP contribution is 2.23. The fourth-order valence-electron chi connectivity index (χ4n) is 1.69. The van der Waals surface area contributed by atoms with E-state index < -0.39 is 0 Å². The van der Waals surface area contributed by atoms with Crippen molar-refractivity contribution in [2.45, 2.75) is 18.9 Å². The maximum Gasteiger partial charge on any atom is 0.124 e. The molecule has 0 amide bonds. The highest BCUT2D eigenvalue weighted by molar-refractivity contribution is 9.10. The number of hydrogen-bond donors (Lipinski definition) is 1. The van der Waals surface area contributed by atoms with Crippen LogP contribution in [-0.4, -0.2) is 20.8 Å². The van der Waals surface area contributed by atoms with E-state index in [0.717, 1.165) is 29.5 Å². The number of hydrogen-bond acceptors (Lipinski definition) is 2. The summed E-state index contributed by atoms with van der Waals surface area (Å²) in [6, 6.07) is 5.14. The number of methoxy groups -OCH3 is 1. The molecule has 1 aromatic carbocycles. The van der Waals surface area contributed by atoms with Crippen LogP contribution in [0.3, 0.4) is 0 Å². The van der Waals surface area contributed by atoms with Crippen LogP contribution in [0.15, 0.2) is 22.7 Å². The van der Waals surface area contributed by atoms with E-state index in [-0.39, 0.29) is 11.9 Å². The number of ether oxygens (including phenoxy) is 1. The lowest BCUT2D eigenvalue weighted by molar-refractivity contribution is 0.189. The molecule has 1 unspecified atom stereocenters. The summed E-state index contributed by atoms with van der Waals surface area (Å²) >= 11 is 3.30. The number of nitrogens with one attached hydrogen (secondary N) is 1. The summed E-state index contributed by atoms with van der Waals surface area (Å²) in [5.74, 6) is -0.212. The Morgan fingerprint density at radius 1 is 1.44 bits per heavy atom. The highest BCUT2D eigenvalue weighted by atomic mass is 79.9. The average molecular weight is 290 g/mol. The zero-order valence-electron chi connectivity index (χ0n) is 9.59. The molecule has 1 N–H and O–H groups in total. The minimum atomic E-state index is -0.212. The SMILES string of the molecule is CNC(CCCOC)c1cc(F)cc(Br)c1. The molecule has 16 heavy (non-hydrogen) atoms. The summed E-state index contributed by atoms with van der Waals surface area (Å²) in [6.45, 7) is 0.731. The second-order valence-corrected chi connectivity index (χ2v) is 4.59. The molecule has 90 valence electrons. The van der Waals surface area contributed by atoms with Crippen LogP contribution in [-0.2, 0) is 4.74 Å². The van der Waals surface area contributed by atoms with E-state index in [2.05, 4.69) is 21.2 Å². The van der Waals surface area contributed by atoms with E-state index in [0.29, 0.717) is 0 Å². The van der Waals surface area contributed by atoms with Gasteiger partial charge in [-0.25, -0.2) is 4.39 Å². The topological polar surface area (TPSA) is 21.3 Å². The van der Waals surface area contributed by atoms with Crippen LogP contribution in [0.2, 0.25) is 0 Å². The van der Waals surface area contributed by atoms with Gasteiger partial charge in [0.1, 0.15) is 5.82 Å². The molecule has 0 radical (unpaired) electrons. The van der Waals surface area contributed by atoms with Crippen LogP contribution in [0, 0.1) is 5.82 Å². The van der Waals surface area contributed by atoms with E-state index in [1.165, 1.54) is 6.07 Å². The monoisotopic (exact) mass is 289 g/mol. The van der Waals surface area contributed by atoms with Crippen LogP contribution >= 0.6 is 15.9 Å². The van der Waals surface area contributed by atoms with E-state index in [1.54, 1.807) is 13.2 Å². The fraction of sp³-hybridized carbons (Fsp3) is 0.500. The first-order chi connectivity index (χ1) is 7.67. The molecule has 2 nitrogen and oxygen atoms in total. The zero-order chi connectivity index (χ0) is 12.0. The Morgan fingerprint density at radius 3 is 2.75 bits per heavy atom. The van der Waals surface area contributed by atoms with E-state index in [4.69, 9.17) is 4.74 Å². The molecule has 0 aliphatic rings. The Labute approximate surface area is 104 Å². The van der Waals surface area contributed by atoms with Crippen LogP contribution in [0.1, 0.15) is 24.4 Å². The lowest BCUT2D eigenvalue weighted by Gasteiger charge is -2.16. The van der Waals surface area contributed by atoms with Gasteiger partial charge in [0.15, 0.2) is 0 Å². The smallest absolute Gasteiger partial charge is 0.124 e. The second kappa shape index (κ2) is 6.99. The van der Waals surface area contributed by atoms with Crippen LogP contribution in [0.4, 0.5) is 4.39 Å². The average Bonchev–Trinajstić information content (AvgIpc) is 2.23. The second-order valence-electron chi connectivity index (χ2n) is 3.68. The largest absolute Gasteiger partial charge is 0.385 e. The Bertz CT molecular complexity index is 313. The number of rotatable bonds is 6. The van der Waals surface area contributed by atoms with Crippen LogP contribution in [0.5, 0.6) is 0 Å². The van der Waals surface area contributed by atoms with Crippen molar-refractivity contribution in [1.82, 2.24) is 5.32 Å². The molecule has 0 fully saturated rings. The van der Waals surface area contributed by atoms with Gasteiger partial charge in [-0.15, -0.1) is 0 Å². The maximum atomic E-state index is 13.2. The van der Waals surface area contributed by atoms with Crippen molar-refractivity contribution in [3.8, 4) is 0 Å². The van der Waals surface area contributed by atoms with Crippen molar-refractivity contribution in [2.75, 3.05) is 20.8 Å². The maximum absolute atomic E-state index is 13.2. The van der Waals surface area contributed by atoms with E-state index >= 15 is 0 Å². The normalized spacial score (nSPS) is 12.8.